The molecule has 7 heteroatoms. The van der Waals surface area contributed by atoms with E-state index in [1.807, 2.05) is 0 Å². The van der Waals surface area contributed by atoms with Gasteiger partial charge in [-0.25, -0.2) is 13.2 Å². The molecule has 2 saturated carbocycles. The SMILES string of the molecule is CN(C1CCC1)S(=O)(=O)c1cc(C(=O)O)n(C2CC2)c1. The number of carboxylic acid groups (broad SMARTS) is 1. The van der Waals surface area contributed by atoms with Crippen LogP contribution in [-0.4, -0.2) is 41.5 Å². The fraction of sp³-hybridized carbons (Fsp3) is 0.615. The zero-order valence-corrected chi connectivity index (χ0v) is 12.1. The molecular formula is C13H18N2O4S. The molecule has 0 saturated heterocycles. The third kappa shape index (κ3) is 2.14. The summed E-state index contributed by atoms with van der Waals surface area (Å²) >= 11 is 0. The molecule has 0 amide bonds. The van der Waals surface area contributed by atoms with Crippen molar-refractivity contribution < 1.29 is 18.3 Å². The summed E-state index contributed by atoms with van der Waals surface area (Å²) in [6.07, 6.45) is 6.11. The topological polar surface area (TPSA) is 79.6 Å². The van der Waals surface area contributed by atoms with Crippen LogP contribution in [0.15, 0.2) is 17.2 Å². The van der Waals surface area contributed by atoms with Crippen LogP contribution in [0.4, 0.5) is 0 Å². The minimum absolute atomic E-state index is 0.0533. The molecule has 20 heavy (non-hydrogen) atoms. The molecule has 1 N–H and O–H groups in total. The Kier molecular flexibility index (Phi) is 3.13. The number of aromatic carboxylic acids is 1. The predicted octanol–water partition coefficient (Wildman–Crippen LogP) is 1.69. The maximum atomic E-state index is 12.5. The summed E-state index contributed by atoms with van der Waals surface area (Å²) in [6.45, 7) is 0. The Bertz CT molecular complexity index is 641. The second kappa shape index (κ2) is 4.60. The van der Waals surface area contributed by atoms with Gasteiger partial charge in [0.25, 0.3) is 0 Å². The normalized spacial score (nSPS) is 20.1. The van der Waals surface area contributed by atoms with Gasteiger partial charge in [-0.2, -0.15) is 4.31 Å². The Balaban J connectivity index is 1.96. The van der Waals surface area contributed by atoms with E-state index in [2.05, 4.69) is 0 Å². The highest BCUT2D eigenvalue weighted by Gasteiger charge is 2.35. The Morgan fingerprint density at radius 2 is 2.00 bits per heavy atom. The molecule has 1 aromatic heterocycles. The van der Waals surface area contributed by atoms with Crippen LogP contribution in [-0.2, 0) is 10.0 Å². The third-order valence-corrected chi connectivity index (χ3v) is 6.12. The Morgan fingerprint density at radius 1 is 1.35 bits per heavy atom. The first-order valence-corrected chi connectivity index (χ1v) is 8.28. The predicted molar refractivity (Wildman–Crippen MR) is 72.3 cm³/mol. The maximum Gasteiger partial charge on any atom is 0.352 e. The van der Waals surface area contributed by atoms with Crippen molar-refractivity contribution in [3.8, 4) is 0 Å². The minimum Gasteiger partial charge on any atom is -0.477 e. The molecular weight excluding hydrogens is 280 g/mol. The van der Waals surface area contributed by atoms with Crippen LogP contribution in [0, 0.1) is 0 Å². The van der Waals surface area contributed by atoms with E-state index in [0.29, 0.717) is 0 Å². The maximum absolute atomic E-state index is 12.5. The van der Waals surface area contributed by atoms with Crippen molar-refractivity contribution in [1.82, 2.24) is 8.87 Å². The van der Waals surface area contributed by atoms with Crippen molar-refractivity contribution in [3.63, 3.8) is 0 Å². The minimum atomic E-state index is -3.59. The summed E-state index contributed by atoms with van der Waals surface area (Å²) in [7, 11) is -2.01. The molecule has 110 valence electrons. The van der Waals surface area contributed by atoms with E-state index in [1.54, 1.807) is 11.6 Å². The Labute approximate surface area is 118 Å². The lowest BCUT2D eigenvalue weighted by molar-refractivity contribution is 0.0685. The molecule has 1 aromatic rings. The first-order valence-electron chi connectivity index (χ1n) is 6.84. The van der Waals surface area contributed by atoms with Crippen molar-refractivity contribution in [2.45, 2.75) is 49.1 Å². The molecule has 2 fully saturated rings. The zero-order chi connectivity index (χ0) is 14.5. The molecule has 1 heterocycles. The quantitative estimate of drug-likeness (QED) is 0.897. The van der Waals surface area contributed by atoms with Crippen LogP contribution in [0.5, 0.6) is 0 Å². The average molecular weight is 298 g/mol. The summed E-state index contributed by atoms with van der Waals surface area (Å²) in [5, 5.41) is 9.20. The van der Waals surface area contributed by atoms with Gasteiger partial charge in [0.1, 0.15) is 10.6 Å². The van der Waals surface area contributed by atoms with Crippen LogP contribution >= 0.6 is 0 Å². The molecule has 2 aliphatic rings. The number of hydrogen-bond acceptors (Lipinski definition) is 3. The lowest BCUT2D eigenvalue weighted by Gasteiger charge is -2.33. The van der Waals surface area contributed by atoms with Crippen molar-refractivity contribution in [2.75, 3.05) is 7.05 Å². The molecule has 0 aromatic carbocycles. The molecule has 0 bridgehead atoms. The van der Waals surface area contributed by atoms with Gasteiger partial charge in [-0.15, -0.1) is 0 Å². The zero-order valence-electron chi connectivity index (χ0n) is 11.3. The van der Waals surface area contributed by atoms with E-state index < -0.39 is 16.0 Å². The van der Waals surface area contributed by atoms with Gasteiger partial charge in [-0.05, 0) is 31.7 Å². The van der Waals surface area contributed by atoms with Gasteiger partial charge in [-0.3, -0.25) is 0 Å². The van der Waals surface area contributed by atoms with Crippen LogP contribution < -0.4 is 0 Å². The number of nitrogens with zero attached hydrogens (tertiary/aromatic N) is 2. The smallest absolute Gasteiger partial charge is 0.352 e. The number of carbonyl (C=O) groups is 1. The highest BCUT2D eigenvalue weighted by Crippen LogP contribution is 2.38. The number of rotatable bonds is 5. The molecule has 3 rings (SSSR count). The molecule has 2 aliphatic carbocycles. The summed E-state index contributed by atoms with van der Waals surface area (Å²) in [4.78, 5) is 11.3. The van der Waals surface area contributed by atoms with Gasteiger partial charge < -0.3 is 9.67 Å². The van der Waals surface area contributed by atoms with Crippen molar-refractivity contribution in [3.05, 3.63) is 18.0 Å². The number of sulfonamides is 1. The first kappa shape index (κ1) is 13.6. The summed E-state index contributed by atoms with van der Waals surface area (Å²) in [5.41, 5.74) is 0.0630. The standard InChI is InChI=1S/C13H18N2O4S/c1-14(9-3-2-4-9)20(18,19)11-7-12(13(16)17)15(8-11)10-5-6-10/h7-10H,2-6H2,1H3,(H,16,17). The van der Waals surface area contributed by atoms with E-state index in [0.717, 1.165) is 32.1 Å². The lowest BCUT2D eigenvalue weighted by Crippen LogP contribution is -2.41. The summed E-state index contributed by atoms with van der Waals surface area (Å²) in [6, 6.07) is 1.47. The highest BCUT2D eigenvalue weighted by molar-refractivity contribution is 7.89. The van der Waals surface area contributed by atoms with Gasteiger partial charge in [-0.1, -0.05) is 6.42 Å². The summed E-state index contributed by atoms with van der Waals surface area (Å²) in [5.74, 6) is -1.08. The van der Waals surface area contributed by atoms with Crippen LogP contribution in [0.25, 0.3) is 0 Å². The Morgan fingerprint density at radius 3 is 2.45 bits per heavy atom. The first-order chi connectivity index (χ1) is 9.41. The lowest BCUT2D eigenvalue weighted by atomic mass is 9.94. The molecule has 0 radical (unpaired) electrons. The van der Waals surface area contributed by atoms with E-state index in [1.165, 1.54) is 16.6 Å². The van der Waals surface area contributed by atoms with E-state index in [9.17, 15) is 18.3 Å². The monoisotopic (exact) mass is 298 g/mol. The Hall–Kier alpha value is -1.34. The van der Waals surface area contributed by atoms with E-state index in [4.69, 9.17) is 0 Å². The molecule has 6 nitrogen and oxygen atoms in total. The second-order valence-electron chi connectivity index (χ2n) is 5.61. The summed E-state index contributed by atoms with van der Waals surface area (Å²) < 4.78 is 28.0. The fourth-order valence-electron chi connectivity index (χ4n) is 2.53. The van der Waals surface area contributed by atoms with Crippen molar-refractivity contribution in [2.24, 2.45) is 0 Å². The van der Waals surface area contributed by atoms with Gasteiger partial charge in [0, 0.05) is 25.3 Å². The number of aromatic nitrogens is 1. The van der Waals surface area contributed by atoms with Gasteiger partial charge in [0.2, 0.25) is 10.0 Å². The van der Waals surface area contributed by atoms with Crippen molar-refractivity contribution >= 4 is 16.0 Å². The third-order valence-electron chi connectivity index (χ3n) is 4.25. The average Bonchev–Trinajstić information content (AvgIpc) is 3.04. The fourth-order valence-corrected chi connectivity index (χ4v) is 3.98. The van der Waals surface area contributed by atoms with E-state index in [-0.39, 0.29) is 22.7 Å². The molecule has 0 atom stereocenters. The van der Waals surface area contributed by atoms with Crippen LogP contribution in [0.3, 0.4) is 0 Å². The van der Waals surface area contributed by atoms with Crippen LogP contribution in [0.2, 0.25) is 0 Å². The molecule has 0 spiro atoms. The van der Waals surface area contributed by atoms with Crippen molar-refractivity contribution in [1.29, 1.82) is 0 Å². The molecule has 0 aliphatic heterocycles. The van der Waals surface area contributed by atoms with Crippen LogP contribution in [0.1, 0.15) is 48.6 Å². The number of carboxylic acids is 1. The van der Waals surface area contributed by atoms with Gasteiger partial charge >= 0.3 is 5.97 Å². The van der Waals surface area contributed by atoms with Gasteiger partial charge in [0.05, 0.1) is 0 Å². The highest BCUT2D eigenvalue weighted by atomic mass is 32.2. The largest absolute Gasteiger partial charge is 0.477 e. The van der Waals surface area contributed by atoms with E-state index >= 15 is 0 Å². The molecule has 0 unspecified atom stereocenters. The van der Waals surface area contributed by atoms with Gasteiger partial charge in [0.15, 0.2) is 0 Å². The number of hydrogen-bond donors (Lipinski definition) is 1. The second-order valence-corrected chi connectivity index (χ2v) is 7.61.